The van der Waals surface area contributed by atoms with Crippen molar-refractivity contribution in [3.05, 3.63) is 27.7 Å². The second-order valence-corrected chi connectivity index (χ2v) is 6.14. The minimum absolute atomic E-state index is 0.459. The summed E-state index contributed by atoms with van der Waals surface area (Å²) in [6, 6.07) is 8.13. The number of halogens is 2. The third-order valence-corrected chi connectivity index (χ3v) is 4.89. The topological polar surface area (TPSA) is 39.1 Å². The van der Waals surface area contributed by atoms with E-state index in [-0.39, 0.29) is 0 Å². The van der Waals surface area contributed by atoms with Crippen LogP contribution in [0.5, 0.6) is 0 Å². The van der Waals surface area contributed by atoms with Gasteiger partial charge in [0.05, 0.1) is 11.1 Å². The van der Waals surface area contributed by atoms with E-state index in [1.165, 1.54) is 0 Å². The first kappa shape index (κ1) is 14.6. The second kappa shape index (κ2) is 6.13. The van der Waals surface area contributed by atoms with E-state index in [9.17, 15) is 5.26 Å². The van der Waals surface area contributed by atoms with E-state index in [4.69, 9.17) is 11.6 Å². The van der Waals surface area contributed by atoms with E-state index >= 15 is 0 Å². The molecule has 1 heterocycles. The Morgan fingerprint density at radius 1 is 1.47 bits per heavy atom. The normalized spacial score (nSPS) is 18.8. The number of anilines is 1. The highest BCUT2D eigenvalue weighted by Gasteiger charge is 2.34. The Bertz CT molecular complexity index is 490. The lowest BCUT2D eigenvalue weighted by Gasteiger charge is -2.38. The fourth-order valence-electron chi connectivity index (χ4n) is 2.37. The largest absolute Gasteiger partial charge is 0.367 e. The molecule has 1 N–H and O–H groups in total. The standard InChI is InChI=1S/C14H17BrClN3/c1-2-19-7-5-14(10-17,6-8-19)18-11-3-4-13(16)12(15)9-11/h3-4,9,18H,2,5-8H2,1H3. The molecule has 1 aromatic carbocycles. The van der Waals surface area contributed by atoms with Crippen molar-refractivity contribution in [2.24, 2.45) is 0 Å². The Kier molecular flexibility index (Phi) is 4.72. The molecule has 1 saturated heterocycles. The van der Waals surface area contributed by atoms with Gasteiger partial charge in [0, 0.05) is 23.2 Å². The van der Waals surface area contributed by atoms with Crippen LogP contribution in [0.2, 0.25) is 5.02 Å². The molecule has 19 heavy (non-hydrogen) atoms. The summed E-state index contributed by atoms with van der Waals surface area (Å²) < 4.78 is 0.846. The molecule has 102 valence electrons. The summed E-state index contributed by atoms with van der Waals surface area (Å²) >= 11 is 9.39. The zero-order chi connectivity index (χ0) is 13.9. The van der Waals surface area contributed by atoms with Crippen LogP contribution in [0.3, 0.4) is 0 Å². The smallest absolute Gasteiger partial charge is 0.127 e. The molecule has 5 heteroatoms. The molecule has 0 unspecified atom stereocenters. The molecule has 0 atom stereocenters. The van der Waals surface area contributed by atoms with Gasteiger partial charge in [-0.3, -0.25) is 0 Å². The number of piperidine rings is 1. The first-order valence-corrected chi connectivity index (χ1v) is 7.62. The number of nitriles is 1. The van der Waals surface area contributed by atoms with Crippen LogP contribution in [0.1, 0.15) is 19.8 Å². The molecule has 1 aliphatic rings. The molecule has 3 nitrogen and oxygen atoms in total. The first-order valence-electron chi connectivity index (χ1n) is 6.45. The lowest BCUT2D eigenvalue weighted by Crippen LogP contribution is -2.48. The fourth-order valence-corrected chi connectivity index (χ4v) is 2.86. The van der Waals surface area contributed by atoms with Crippen LogP contribution in [-0.4, -0.2) is 30.1 Å². The maximum absolute atomic E-state index is 9.52. The van der Waals surface area contributed by atoms with Gasteiger partial charge in [0.25, 0.3) is 0 Å². The molecule has 1 fully saturated rings. The molecule has 0 radical (unpaired) electrons. The van der Waals surface area contributed by atoms with E-state index in [0.29, 0.717) is 5.02 Å². The average molecular weight is 343 g/mol. The van der Waals surface area contributed by atoms with E-state index in [1.54, 1.807) is 0 Å². The zero-order valence-corrected chi connectivity index (χ0v) is 13.3. The van der Waals surface area contributed by atoms with E-state index in [2.05, 4.69) is 39.1 Å². The highest BCUT2D eigenvalue weighted by atomic mass is 79.9. The number of hydrogen-bond donors (Lipinski definition) is 1. The summed E-state index contributed by atoms with van der Waals surface area (Å²) in [7, 11) is 0. The van der Waals surface area contributed by atoms with Crippen molar-refractivity contribution >= 4 is 33.2 Å². The van der Waals surface area contributed by atoms with Crippen LogP contribution in [0.4, 0.5) is 5.69 Å². The van der Waals surface area contributed by atoms with Gasteiger partial charge in [-0.25, -0.2) is 0 Å². The maximum atomic E-state index is 9.52. The van der Waals surface area contributed by atoms with Gasteiger partial charge in [-0.2, -0.15) is 5.26 Å². The summed E-state index contributed by atoms with van der Waals surface area (Å²) in [6.45, 7) is 5.13. The molecule has 1 aromatic rings. The molecular formula is C14H17BrClN3. The van der Waals surface area contributed by atoms with Crippen molar-refractivity contribution in [2.45, 2.75) is 25.3 Å². The zero-order valence-electron chi connectivity index (χ0n) is 10.9. The van der Waals surface area contributed by atoms with Gasteiger partial charge in [0.15, 0.2) is 0 Å². The van der Waals surface area contributed by atoms with Gasteiger partial charge < -0.3 is 10.2 Å². The third-order valence-electron chi connectivity index (χ3n) is 3.67. The SMILES string of the molecule is CCN1CCC(C#N)(Nc2ccc(Cl)c(Br)c2)CC1. The number of nitrogens with zero attached hydrogens (tertiary/aromatic N) is 2. The molecule has 0 bridgehead atoms. The number of benzene rings is 1. The summed E-state index contributed by atoms with van der Waals surface area (Å²) in [4.78, 5) is 2.37. The molecule has 0 amide bonds. The first-order chi connectivity index (χ1) is 9.08. The third kappa shape index (κ3) is 3.42. The average Bonchev–Trinajstić information content (AvgIpc) is 2.44. The second-order valence-electron chi connectivity index (χ2n) is 4.88. The molecule has 0 aromatic heterocycles. The maximum Gasteiger partial charge on any atom is 0.127 e. The molecule has 0 saturated carbocycles. The van der Waals surface area contributed by atoms with Gasteiger partial charge in [0.1, 0.15) is 5.54 Å². The molecule has 2 rings (SSSR count). The number of likely N-dealkylation sites (tertiary alicyclic amines) is 1. The fraction of sp³-hybridized carbons (Fsp3) is 0.500. The van der Waals surface area contributed by atoms with Gasteiger partial charge in [-0.15, -0.1) is 0 Å². The summed E-state index contributed by atoms with van der Waals surface area (Å²) in [5.41, 5.74) is 0.474. The quantitative estimate of drug-likeness (QED) is 0.905. The number of hydrogen-bond acceptors (Lipinski definition) is 3. The van der Waals surface area contributed by atoms with Gasteiger partial charge in [0.2, 0.25) is 0 Å². The Hall–Kier alpha value is -0.760. The Morgan fingerprint density at radius 2 is 2.16 bits per heavy atom. The highest BCUT2D eigenvalue weighted by Crippen LogP contribution is 2.30. The van der Waals surface area contributed by atoms with Crippen molar-refractivity contribution in [2.75, 3.05) is 25.0 Å². The van der Waals surface area contributed by atoms with Crippen LogP contribution < -0.4 is 5.32 Å². The van der Waals surface area contributed by atoms with Crippen molar-refractivity contribution < 1.29 is 0 Å². The number of nitrogens with one attached hydrogen (secondary N) is 1. The highest BCUT2D eigenvalue weighted by molar-refractivity contribution is 9.10. The van der Waals surface area contributed by atoms with Crippen LogP contribution in [0.15, 0.2) is 22.7 Å². The van der Waals surface area contributed by atoms with E-state index in [0.717, 1.165) is 42.6 Å². The summed E-state index contributed by atoms with van der Waals surface area (Å²) in [5.74, 6) is 0. The summed E-state index contributed by atoms with van der Waals surface area (Å²) in [5, 5.41) is 13.6. The lowest BCUT2D eigenvalue weighted by molar-refractivity contribution is 0.206. The Morgan fingerprint density at radius 3 is 2.68 bits per heavy atom. The van der Waals surface area contributed by atoms with Gasteiger partial charge >= 0.3 is 0 Å². The molecule has 0 aliphatic carbocycles. The van der Waals surface area contributed by atoms with Crippen molar-refractivity contribution in [1.82, 2.24) is 4.90 Å². The van der Waals surface area contributed by atoms with Crippen molar-refractivity contribution in [1.29, 1.82) is 5.26 Å². The minimum Gasteiger partial charge on any atom is -0.367 e. The summed E-state index contributed by atoms with van der Waals surface area (Å²) in [6.07, 6.45) is 1.69. The van der Waals surface area contributed by atoms with Crippen molar-refractivity contribution in [3.8, 4) is 6.07 Å². The number of rotatable bonds is 3. The van der Waals surface area contributed by atoms with Crippen LogP contribution >= 0.6 is 27.5 Å². The molecule has 1 aliphatic heterocycles. The lowest BCUT2D eigenvalue weighted by atomic mass is 9.88. The Labute approximate surface area is 127 Å². The Balaban J connectivity index is 2.11. The van der Waals surface area contributed by atoms with Gasteiger partial charge in [-0.1, -0.05) is 18.5 Å². The van der Waals surface area contributed by atoms with E-state index in [1.807, 2.05) is 18.2 Å². The van der Waals surface area contributed by atoms with Gasteiger partial charge in [-0.05, 0) is 53.5 Å². The van der Waals surface area contributed by atoms with Crippen molar-refractivity contribution in [3.63, 3.8) is 0 Å². The van der Waals surface area contributed by atoms with Crippen LogP contribution in [0.25, 0.3) is 0 Å². The minimum atomic E-state index is -0.459. The van der Waals surface area contributed by atoms with Crippen LogP contribution in [0, 0.1) is 11.3 Å². The molecular weight excluding hydrogens is 326 g/mol. The molecule has 0 spiro atoms. The van der Waals surface area contributed by atoms with E-state index < -0.39 is 5.54 Å². The van der Waals surface area contributed by atoms with Crippen LogP contribution in [-0.2, 0) is 0 Å². The predicted octanol–water partition coefficient (Wildman–Crippen LogP) is 3.89. The predicted molar refractivity (Wildman–Crippen MR) is 82.5 cm³/mol. The monoisotopic (exact) mass is 341 g/mol.